The Kier molecular flexibility index (Phi) is 7.82. The van der Waals surface area contributed by atoms with E-state index in [1.165, 1.54) is 0 Å². The van der Waals surface area contributed by atoms with Crippen molar-refractivity contribution in [3.8, 4) is 5.75 Å². The summed E-state index contributed by atoms with van der Waals surface area (Å²) in [5.41, 5.74) is 6.20. The van der Waals surface area contributed by atoms with E-state index < -0.39 is 10.1 Å². The van der Waals surface area contributed by atoms with Gasteiger partial charge in [-0.25, -0.2) is 0 Å². The normalized spacial score (nSPS) is 10.6. The van der Waals surface area contributed by atoms with Crippen molar-refractivity contribution in [2.24, 2.45) is 0 Å². The van der Waals surface area contributed by atoms with E-state index >= 15 is 0 Å². The Hall–Kier alpha value is -0.270. The molecule has 3 N–H and O–H groups in total. The standard InChI is InChI=1S/C10H15NO4S.Na.H/c11-9-5-1-2-6-10(9)15-7-3-4-8-16(12,13)14;;/h1-2,5-6H,3-4,7-8,11H2,(H,12,13,14);;/q;+1;-1. The molecule has 7 heteroatoms. The zero-order chi connectivity index (χ0) is 12.0. The van der Waals surface area contributed by atoms with Gasteiger partial charge in [0, 0.05) is 0 Å². The molecule has 0 saturated heterocycles. The fraction of sp³-hybridized carbons (Fsp3) is 0.400. The van der Waals surface area contributed by atoms with Gasteiger partial charge in [-0.15, -0.1) is 0 Å². The maximum atomic E-state index is 10.4. The topological polar surface area (TPSA) is 89.6 Å². The summed E-state index contributed by atoms with van der Waals surface area (Å²) in [4.78, 5) is 0. The zero-order valence-corrected chi connectivity index (χ0v) is 12.6. The van der Waals surface area contributed by atoms with Gasteiger partial charge in [0.25, 0.3) is 10.1 Å². The number of hydrogen-bond donors (Lipinski definition) is 2. The van der Waals surface area contributed by atoms with Gasteiger partial charge in [0.15, 0.2) is 0 Å². The number of unbranched alkanes of at least 4 members (excludes halogenated alkanes) is 1. The van der Waals surface area contributed by atoms with Crippen molar-refractivity contribution in [3.63, 3.8) is 0 Å². The van der Waals surface area contributed by atoms with E-state index in [1.54, 1.807) is 18.2 Å². The quantitative estimate of drug-likeness (QED) is 0.282. The molecule has 1 rings (SSSR count). The van der Waals surface area contributed by atoms with Crippen LogP contribution in [0.4, 0.5) is 5.69 Å². The van der Waals surface area contributed by atoms with Crippen LogP contribution in [0.2, 0.25) is 0 Å². The first-order chi connectivity index (χ1) is 7.49. The molecule has 5 nitrogen and oxygen atoms in total. The Labute approximate surface area is 125 Å². The number of nitrogen functional groups attached to an aromatic ring is 1. The van der Waals surface area contributed by atoms with Crippen LogP contribution in [0, 0.1) is 0 Å². The Bertz CT molecular complexity index is 441. The van der Waals surface area contributed by atoms with Gasteiger partial charge in [0.2, 0.25) is 0 Å². The fourth-order valence-electron chi connectivity index (χ4n) is 1.18. The minimum atomic E-state index is -3.86. The summed E-state index contributed by atoms with van der Waals surface area (Å²) in [6.45, 7) is 0.379. The van der Waals surface area contributed by atoms with E-state index in [0.29, 0.717) is 30.9 Å². The average molecular weight is 269 g/mol. The molecule has 0 saturated carbocycles. The summed E-state index contributed by atoms with van der Waals surface area (Å²) < 4.78 is 34.7. The number of anilines is 1. The molecule has 0 heterocycles. The van der Waals surface area contributed by atoms with Gasteiger partial charge in [-0.1, -0.05) is 12.1 Å². The van der Waals surface area contributed by atoms with Crippen LogP contribution in [-0.4, -0.2) is 25.3 Å². The number of nitrogens with two attached hydrogens (primary N) is 1. The van der Waals surface area contributed by atoms with Gasteiger partial charge in [-0.2, -0.15) is 8.42 Å². The molecule has 17 heavy (non-hydrogen) atoms. The van der Waals surface area contributed by atoms with E-state index in [4.69, 9.17) is 15.0 Å². The number of rotatable bonds is 6. The van der Waals surface area contributed by atoms with E-state index in [-0.39, 0.29) is 36.7 Å². The third-order valence-corrected chi connectivity index (χ3v) is 2.78. The predicted octanol–water partition coefficient (Wildman–Crippen LogP) is -1.57. The molecule has 0 spiro atoms. The molecule has 0 aromatic heterocycles. The van der Waals surface area contributed by atoms with Gasteiger partial charge in [0.05, 0.1) is 18.0 Å². The van der Waals surface area contributed by atoms with Gasteiger partial charge < -0.3 is 11.9 Å². The van der Waals surface area contributed by atoms with Crippen molar-refractivity contribution in [1.82, 2.24) is 0 Å². The number of benzene rings is 1. The molecular weight excluding hydrogens is 253 g/mol. The SMILES string of the molecule is Nc1ccccc1OCCCCS(=O)(=O)O.[H-].[Na+]. The molecule has 1 aromatic carbocycles. The molecule has 0 radical (unpaired) electrons. The van der Waals surface area contributed by atoms with Crippen LogP contribution in [0.25, 0.3) is 0 Å². The molecule has 92 valence electrons. The molecule has 0 unspecified atom stereocenters. The van der Waals surface area contributed by atoms with Crippen LogP contribution in [-0.2, 0) is 10.1 Å². The molecule has 0 fully saturated rings. The third-order valence-electron chi connectivity index (χ3n) is 1.97. The zero-order valence-electron chi connectivity index (χ0n) is 10.8. The summed E-state index contributed by atoms with van der Waals surface area (Å²) in [7, 11) is -3.86. The van der Waals surface area contributed by atoms with Crippen molar-refractivity contribution in [3.05, 3.63) is 24.3 Å². The van der Waals surface area contributed by atoms with Crippen LogP contribution in [0.1, 0.15) is 14.3 Å². The summed E-state index contributed by atoms with van der Waals surface area (Å²) in [6, 6.07) is 7.09. The van der Waals surface area contributed by atoms with Crippen LogP contribution in [0.5, 0.6) is 5.75 Å². The molecular formula is C10H16NNaO4S. The van der Waals surface area contributed by atoms with Gasteiger partial charge >= 0.3 is 29.6 Å². The van der Waals surface area contributed by atoms with Crippen LogP contribution < -0.4 is 40.0 Å². The van der Waals surface area contributed by atoms with Crippen LogP contribution >= 0.6 is 0 Å². The average Bonchev–Trinajstić information content (AvgIpc) is 2.18. The Morgan fingerprint density at radius 2 is 1.94 bits per heavy atom. The van der Waals surface area contributed by atoms with Gasteiger partial charge in [-0.05, 0) is 25.0 Å². The molecule has 0 aliphatic rings. The number of para-hydroxylation sites is 2. The first kappa shape index (κ1) is 16.7. The maximum absolute atomic E-state index is 10.4. The second-order valence-electron chi connectivity index (χ2n) is 3.38. The van der Waals surface area contributed by atoms with Gasteiger partial charge in [-0.3, -0.25) is 4.55 Å². The van der Waals surface area contributed by atoms with Crippen LogP contribution in [0.3, 0.4) is 0 Å². The minimum Gasteiger partial charge on any atom is -1.00 e. The fourth-order valence-corrected chi connectivity index (χ4v) is 1.75. The minimum absolute atomic E-state index is 0. The molecule has 0 aliphatic heterocycles. The van der Waals surface area contributed by atoms with Crippen molar-refractivity contribution in [1.29, 1.82) is 0 Å². The molecule has 0 bridgehead atoms. The Balaban J connectivity index is 0. The van der Waals surface area contributed by atoms with Crippen molar-refractivity contribution in [2.45, 2.75) is 12.8 Å². The molecule has 0 aliphatic carbocycles. The summed E-state index contributed by atoms with van der Waals surface area (Å²) in [5, 5.41) is 0. The van der Waals surface area contributed by atoms with Crippen molar-refractivity contribution >= 4 is 15.8 Å². The second kappa shape index (κ2) is 7.94. The van der Waals surface area contributed by atoms with E-state index in [9.17, 15) is 8.42 Å². The van der Waals surface area contributed by atoms with E-state index in [2.05, 4.69) is 0 Å². The third kappa shape index (κ3) is 7.62. The van der Waals surface area contributed by atoms with E-state index in [0.717, 1.165) is 0 Å². The first-order valence-corrected chi connectivity index (χ1v) is 6.52. The Morgan fingerprint density at radius 1 is 1.29 bits per heavy atom. The predicted molar refractivity (Wildman–Crippen MR) is 63.1 cm³/mol. The monoisotopic (exact) mass is 269 g/mol. The van der Waals surface area contributed by atoms with Crippen molar-refractivity contribution < 1.29 is 48.7 Å². The largest absolute Gasteiger partial charge is 1.00 e. The summed E-state index contributed by atoms with van der Waals surface area (Å²) >= 11 is 0. The number of ether oxygens (including phenoxy) is 1. The smallest absolute Gasteiger partial charge is 1.00 e. The van der Waals surface area contributed by atoms with Crippen LogP contribution in [0.15, 0.2) is 24.3 Å². The molecule has 1 aromatic rings. The first-order valence-electron chi connectivity index (χ1n) is 4.91. The van der Waals surface area contributed by atoms with Crippen molar-refractivity contribution in [2.75, 3.05) is 18.1 Å². The summed E-state index contributed by atoms with van der Waals surface area (Å²) in [5.74, 6) is 0.357. The number of hydrogen-bond acceptors (Lipinski definition) is 4. The maximum Gasteiger partial charge on any atom is 1.00 e. The second-order valence-corrected chi connectivity index (χ2v) is 4.95. The molecule has 0 amide bonds. The van der Waals surface area contributed by atoms with E-state index in [1.807, 2.05) is 6.07 Å². The molecule has 0 atom stereocenters. The summed E-state index contributed by atoms with van der Waals surface area (Å²) in [6.07, 6.45) is 0.916. The van der Waals surface area contributed by atoms with Gasteiger partial charge in [0.1, 0.15) is 5.75 Å². The Morgan fingerprint density at radius 3 is 2.53 bits per heavy atom.